The molecule has 3 N–H and O–H groups in total. The van der Waals surface area contributed by atoms with Crippen molar-refractivity contribution in [1.82, 2.24) is 16.0 Å². The second-order valence-electron chi connectivity index (χ2n) is 8.19. The van der Waals surface area contributed by atoms with Crippen molar-refractivity contribution >= 4 is 11.8 Å². The van der Waals surface area contributed by atoms with E-state index in [1.54, 1.807) is 0 Å². The number of nitrogens with one attached hydrogen (secondary N) is 3. The average Bonchev–Trinajstić information content (AvgIpc) is 2.71. The van der Waals surface area contributed by atoms with Gasteiger partial charge in [-0.3, -0.25) is 9.59 Å². The number of unbranched alkanes of at least 4 members (excludes halogenated alkanes) is 10. The molecule has 0 heterocycles. The Bertz CT molecular complexity index is 341. The number of carbonyl (C=O) groups is 2. The van der Waals surface area contributed by atoms with Gasteiger partial charge in [0.25, 0.3) is 0 Å². The highest BCUT2D eigenvalue weighted by Gasteiger charge is 2.01. The van der Waals surface area contributed by atoms with Gasteiger partial charge in [0.2, 0.25) is 11.8 Å². The molecule has 5 heteroatoms. The van der Waals surface area contributed by atoms with E-state index in [2.05, 4.69) is 29.8 Å². The molecule has 0 bridgehead atoms. The highest BCUT2D eigenvalue weighted by Crippen LogP contribution is 2.07. The molecule has 0 aromatic carbocycles. The predicted molar refractivity (Wildman–Crippen MR) is 124 cm³/mol. The second-order valence-corrected chi connectivity index (χ2v) is 8.19. The van der Waals surface area contributed by atoms with E-state index in [4.69, 9.17) is 0 Å². The monoisotopic (exact) mass is 411 g/mol. The van der Waals surface area contributed by atoms with Gasteiger partial charge in [-0.25, -0.2) is 0 Å². The van der Waals surface area contributed by atoms with Crippen molar-refractivity contribution in [3.8, 4) is 0 Å². The largest absolute Gasteiger partial charge is 0.356 e. The lowest BCUT2D eigenvalue weighted by atomic mass is 10.1. The van der Waals surface area contributed by atoms with Crippen LogP contribution in [0.4, 0.5) is 0 Å². The highest BCUT2D eigenvalue weighted by molar-refractivity contribution is 5.76. The van der Waals surface area contributed by atoms with E-state index in [0.717, 1.165) is 51.9 Å². The molecule has 0 aliphatic rings. The predicted octanol–water partition coefficient (Wildman–Crippen LogP) is 5.09. The fourth-order valence-electron chi connectivity index (χ4n) is 3.32. The van der Waals surface area contributed by atoms with Crippen LogP contribution in [0.25, 0.3) is 0 Å². The van der Waals surface area contributed by atoms with E-state index in [-0.39, 0.29) is 11.8 Å². The minimum atomic E-state index is 0.188. The normalized spacial score (nSPS) is 10.8. The minimum Gasteiger partial charge on any atom is -0.356 e. The van der Waals surface area contributed by atoms with E-state index < -0.39 is 0 Å². The minimum absolute atomic E-state index is 0.188. The van der Waals surface area contributed by atoms with Crippen molar-refractivity contribution in [1.29, 1.82) is 0 Å². The molecular formula is C24H49N3O2. The van der Waals surface area contributed by atoms with Gasteiger partial charge in [0, 0.05) is 25.9 Å². The number of amides is 2. The Hall–Kier alpha value is -1.10. The van der Waals surface area contributed by atoms with Crippen molar-refractivity contribution in [2.24, 2.45) is 0 Å². The lowest BCUT2D eigenvalue weighted by molar-refractivity contribution is -0.122. The number of hydrogen-bond donors (Lipinski definition) is 3. The third kappa shape index (κ3) is 23.0. The number of hydrogen-bond acceptors (Lipinski definition) is 3. The lowest BCUT2D eigenvalue weighted by Gasteiger charge is -2.08. The van der Waals surface area contributed by atoms with E-state index in [0.29, 0.717) is 12.8 Å². The van der Waals surface area contributed by atoms with Crippen LogP contribution < -0.4 is 16.0 Å². The molecule has 0 radical (unpaired) electrons. The number of rotatable bonds is 22. The van der Waals surface area contributed by atoms with Crippen LogP contribution >= 0.6 is 0 Å². The zero-order valence-electron chi connectivity index (χ0n) is 19.5. The summed E-state index contributed by atoms with van der Waals surface area (Å²) in [5.41, 5.74) is 0. The highest BCUT2D eigenvalue weighted by atomic mass is 16.2. The first-order valence-electron chi connectivity index (χ1n) is 12.4. The summed E-state index contributed by atoms with van der Waals surface area (Å²) in [7, 11) is 0. The molecule has 0 atom stereocenters. The molecule has 0 aromatic rings. The van der Waals surface area contributed by atoms with Gasteiger partial charge in [-0.2, -0.15) is 0 Å². The molecule has 172 valence electrons. The van der Waals surface area contributed by atoms with Crippen molar-refractivity contribution in [2.45, 2.75) is 117 Å². The Kier molecular flexibility index (Phi) is 22.3. The van der Waals surface area contributed by atoms with Gasteiger partial charge in [0.15, 0.2) is 0 Å². The van der Waals surface area contributed by atoms with Crippen molar-refractivity contribution in [3.05, 3.63) is 0 Å². The molecule has 0 spiro atoms. The van der Waals surface area contributed by atoms with Gasteiger partial charge in [-0.15, -0.1) is 0 Å². The summed E-state index contributed by atoms with van der Waals surface area (Å²) in [6, 6.07) is 0. The first-order valence-corrected chi connectivity index (χ1v) is 12.4. The van der Waals surface area contributed by atoms with Crippen LogP contribution in [0.5, 0.6) is 0 Å². The Balaban J connectivity index is 3.24. The van der Waals surface area contributed by atoms with Crippen LogP contribution in [-0.2, 0) is 9.59 Å². The molecule has 0 aliphatic carbocycles. The maximum absolute atomic E-state index is 11.7. The third-order valence-electron chi connectivity index (χ3n) is 5.22. The first-order chi connectivity index (χ1) is 14.2. The summed E-state index contributed by atoms with van der Waals surface area (Å²) in [4.78, 5) is 23.5. The molecule has 0 rings (SSSR count). The zero-order chi connectivity index (χ0) is 21.4. The molecule has 0 unspecified atom stereocenters. The summed E-state index contributed by atoms with van der Waals surface area (Å²) < 4.78 is 0. The maximum Gasteiger partial charge on any atom is 0.219 e. The fourth-order valence-corrected chi connectivity index (χ4v) is 3.32. The topological polar surface area (TPSA) is 70.2 Å². The van der Waals surface area contributed by atoms with Crippen LogP contribution in [0.15, 0.2) is 0 Å². The average molecular weight is 412 g/mol. The van der Waals surface area contributed by atoms with Gasteiger partial charge in [-0.1, -0.05) is 78.1 Å². The Morgan fingerprint density at radius 1 is 0.483 bits per heavy atom. The van der Waals surface area contributed by atoms with Gasteiger partial charge in [0.05, 0.1) is 0 Å². The van der Waals surface area contributed by atoms with Crippen LogP contribution in [0.1, 0.15) is 117 Å². The summed E-state index contributed by atoms with van der Waals surface area (Å²) >= 11 is 0. The van der Waals surface area contributed by atoms with Crippen LogP contribution in [0.2, 0.25) is 0 Å². The molecule has 0 fully saturated rings. The fraction of sp³-hybridized carbons (Fsp3) is 0.917. The molecular weight excluding hydrogens is 362 g/mol. The summed E-state index contributed by atoms with van der Waals surface area (Å²) in [5.74, 6) is 0.377. The smallest absolute Gasteiger partial charge is 0.219 e. The standard InChI is InChI=1S/C24H49N3O2/c1-3-5-7-9-11-13-17-23(28)26-21-15-19-25-20-16-22-27-24(29)18-14-12-10-8-6-4-2/h25H,3-22H2,1-2H3,(H,26,28)(H,27,29). The van der Waals surface area contributed by atoms with Gasteiger partial charge in [0.1, 0.15) is 0 Å². The molecule has 5 nitrogen and oxygen atoms in total. The maximum atomic E-state index is 11.7. The molecule has 2 amide bonds. The van der Waals surface area contributed by atoms with Crippen molar-refractivity contribution < 1.29 is 9.59 Å². The Morgan fingerprint density at radius 2 is 0.862 bits per heavy atom. The van der Waals surface area contributed by atoms with Gasteiger partial charge in [-0.05, 0) is 38.8 Å². The Morgan fingerprint density at radius 3 is 1.28 bits per heavy atom. The molecule has 0 aliphatic heterocycles. The van der Waals surface area contributed by atoms with Gasteiger partial charge < -0.3 is 16.0 Å². The van der Waals surface area contributed by atoms with E-state index in [1.807, 2.05) is 0 Å². The van der Waals surface area contributed by atoms with Crippen LogP contribution in [0.3, 0.4) is 0 Å². The number of carbonyl (C=O) groups excluding carboxylic acids is 2. The quantitative estimate of drug-likeness (QED) is 0.217. The second kappa shape index (κ2) is 23.2. The summed E-state index contributed by atoms with van der Waals surface area (Å²) in [5, 5.41) is 9.38. The first kappa shape index (κ1) is 27.9. The third-order valence-corrected chi connectivity index (χ3v) is 5.22. The van der Waals surface area contributed by atoms with Gasteiger partial charge >= 0.3 is 0 Å². The Labute approximate surface area is 180 Å². The summed E-state index contributed by atoms with van der Waals surface area (Å²) in [6.45, 7) is 7.75. The molecule has 29 heavy (non-hydrogen) atoms. The summed E-state index contributed by atoms with van der Waals surface area (Å²) in [6.07, 6.45) is 17.9. The van der Waals surface area contributed by atoms with Crippen LogP contribution in [0, 0.1) is 0 Å². The van der Waals surface area contributed by atoms with Crippen LogP contribution in [-0.4, -0.2) is 38.0 Å². The van der Waals surface area contributed by atoms with E-state index >= 15 is 0 Å². The van der Waals surface area contributed by atoms with E-state index in [1.165, 1.54) is 64.2 Å². The zero-order valence-corrected chi connectivity index (χ0v) is 19.5. The lowest BCUT2D eigenvalue weighted by Crippen LogP contribution is -2.29. The van der Waals surface area contributed by atoms with Crippen molar-refractivity contribution in [2.75, 3.05) is 26.2 Å². The molecule has 0 saturated heterocycles. The SMILES string of the molecule is CCCCCCCCC(=O)NCCCNCCCNC(=O)CCCCCCCC. The molecule has 0 saturated carbocycles. The molecule has 0 aromatic heterocycles. The van der Waals surface area contributed by atoms with E-state index in [9.17, 15) is 9.59 Å². The van der Waals surface area contributed by atoms with Crippen molar-refractivity contribution in [3.63, 3.8) is 0 Å².